The summed E-state index contributed by atoms with van der Waals surface area (Å²) in [5.41, 5.74) is -0.616. The number of aromatic nitrogens is 1. The number of halogens is 1. The lowest BCUT2D eigenvalue weighted by molar-refractivity contribution is -0.139. The summed E-state index contributed by atoms with van der Waals surface area (Å²) in [5.74, 6) is 0.677. The largest absolute Gasteiger partial charge is 0.497 e. The van der Waals surface area contributed by atoms with Gasteiger partial charge >= 0.3 is 6.03 Å². The summed E-state index contributed by atoms with van der Waals surface area (Å²) in [6.07, 6.45) is 0. The molecule has 2 aliphatic rings. The number of carbonyl (C=O) groups is 3. The lowest BCUT2D eigenvalue weighted by Gasteiger charge is -2.36. The number of pyridine rings is 1. The summed E-state index contributed by atoms with van der Waals surface area (Å²) >= 11 is 5.96. The number of hydrogen-bond donors (Lipinski definition) is 1. The molecule has 1 aromatic heterocycles. The van der Waals surface area contributed by atoms with Gasteiger partial charge in [0.05, 0.1) is 7.11 Å². The van der Waals surface area contributed by atoms with Crippen molar-refractivity contribution in [3.05, 3.63) is 53.2 Å². The summed E-state index contributed by atoms with van der Waals surface area (Å²) in [6, 6.07) is 11.7. The Balaban J connectivity index is 1.39. The van der Waals surface area contributed by atoms with Crippen molar-refractivity contribution in [3.8, 4) is 5.75 Å². The smallest absolute Gasteiger partial charge is 0.325 e. The molecule has 1 N–H and O–H groups in total. The maximum atomic E-state index is 13.1. The fourth-order valence-corrected chi connectivity index (χ4v) is 4.11. The van der Waals surface area contributed by atoms with Gasteiger partial charge in [0.1, 0.15) is 28.8 Å². The van der Waals surface area contributed by atoms with Crippen LogP contribution in [0.2, 0.25) is 5.15 Å². The number of ether oxygens (including phenoxy) is 1. The number of piperazine rings is 1. The van der Waals surface area contributed by atoms with Crippen LogP contribution in [0.25, 0.3) is 0 Å². The molecule has 0 spiro atoms. The number of amides is 4. The van der Waals surface area contributed by atoms with E-state index >= 15 is 0 Å². The Morgan fingerprint density at radius 3 is 2.44 bits per heavy atom. The standard InChI is InChI=1S/C22H24ClN5O4/c1-22(15-6-8-16(32-2)9-7-15)20(30)28(21(31)25-22)14-19(29)27-12-10-26(11-13-27)18-5-3-4-17(23)24-18/h3-9H,10-14H2,1-2H3,(H,25,31). The first-order chi connectivity index (χ1) is 15.3. The van der Waals surface area contributed by atoms with Crippen LogP contribution in [0.4, 0.5) is 10.6 Å². The fourth-order valence-electron chi connectivity index (χ4n) is 3.95. The van der Waals surface area contributed by atoms with Crippen LogP contribution in [0.15, 0.2) is 42.5 Å². The Morgan fingerprint density at radius 1 is 1.12 bits per heavy atom. The first-order valence-electron chi connectivity index (χ1n) is 10.3. The van der Waals surface area contributed by atoms with Crippen molar-refractivity contribution in [2.75, 3.05) is 44.7 Å². The quantitative estimate of drug-likeness (QED) is 0.544. The van der Waals surface area contributed by atoms with Crippen molar-refractivity contribution in [3.63, 3.8) is 0 Å². The van der Waals surface area contributed by atoms with Crippen LogP contribution in [0.1, 0.15) is 12.5 Å². The van der Waals surface area contributed by atoms with E-state index in [2.05, 4.69) is 10.3 Å². The third-order valence-electron chi connectivity index (χ3n) is 5.89. The van der Waals surface area contributed by atoms with E-state index in [1.54, 1.807) is 49.3 Å². The van der Waals surface area contributed by atoms with Gasteiger partial charge in [-0.2, -0.15) is 0 Å². The number of nitrogens with zero attached hydrogens (tertiary/aromatic N) is 4. The molecule has 0 radical (unpaired) electrons. The average Bonchev–Trinajstić information content (AvgIpc) is 3.03. The lowest BCUT2D eigenvalue weighted by Crippen LogP contribution is -2.52. The molecule has 9 nitrogen and oxygen atoms in total. The highest BCUT2D eigenvalue weighted by Gasteiger charge is 2.49. The summed E-state index contributed by atoms with van der Waals surface area (Å²) < 4.78 is 5.15. The Hall–Kier alpha value is -3.33. The minimum Gasteiger partial charge on any atom is -0.497 e. The summed E-state index contributed by atoms with van der Waals surface area (Å²) in [4.78, 5) is 47.5. The second-order valence-corrected chi connectivity index (χ2v) is 8.25. The second-order valence-electron chi connectivity index (χ2n) is 7.86. The number of urea groups is 1. The topological polar surface area (TPSA) is 95.1 Å². The lowest BCUT2D eigenvalue weighted by atomic mass is 9.92. The van der Waals surface area contributed by atoms with E-state index in [9.17, 15) is 14.4 Å². The molecule has 2 aliphatic heterocycles. The highest BCUT2D eigenvalue weighted by atomic mass is 35.5. The van der Waals surface area contributed by atoms with Crippen molar-refractivity contribution in [2.45, 2.75) is 12.5 Å². The van der Waals surface area contributed by atoms with Gasteiger partial charge in [-0.15, -0.1) is 0 Å². The minimum absolute atomic E-state index is 0.272. The maximum Gasteiger partial charge on any atom is 0.325 e. The number of methoxy groups -OCH3 is 1. The molecular weight excluding hydrogens is 434 g/mol. The molecule has 2 fully saturated rings. The number of carbonyl (C=O) groups excluding carboxylic acids is 3. The van der Waals surface area contributed by atoms with Gasteiger partial charge in [-0.05, 0) is 36.8 Å². The molecular formula is C22H24ClN5O4. The molecule has 1 atom stereocenters. The monoisotopic (exact) mass is 457 g/mol. The van der Waals surface area contributed by atoms with Gasteiger partial charge in [0.25, 0.3) is 5.91 Å². The molecule has 0 saturated carbocycles. The molecule has 168 valence electrons. The van der Waals surface area contributed by atoms with Crippen LogP contribution in [0.3, 0.4) is 0 Å². The van der Waals surface area contributed by atoms with Crippen molar-refractivity contribution in [1.82, 2.24) is 20.1 Å². The highest BCUT2D eigenvalue weighted by molar-refractivity contribution is 6.29. The minimum atomic E-state index is -1.24. The van der Waals surface area contributed by atoms with Crippen LogP contribution < -0.4 is 15.0 Å². The molecule has 4 rings (SSSR count). The number of imide groups is 1. The molecule has 1 unspecified atom stereocenters. The van der Waals surface area contributed by atoms with E-state index < -0.39 is 17.5 Å². The average molecular weight is 458 g/mol. The van der Waals surface area contributed by atoms with Gasteiger partial charge in [0.2, 0.25) is 5.91 Å². The second kappa shape index (κ2) is 8.66. The third-order valence-corrected chi connectivity index (χ3v) is 6.10. The van der Waals surface area contributed by atoms with Crippen LogP contribution >= 0.6 is 11.6 Å². The van der Waals surface area contributed by atoms with E-state index in [-0.39, 0.29) is 12.5 Å². The van der Waals surface area contributed by atoms with E-state index in [0.717, 1.165) is 10.7 Å². The van der Waals surface area contributed by atoms with Crippen molar-refractivity contribution in [1.29, 1.82) is 0 Å². The SMILES string of the molecule is COc1ccc(C2(C)NC(=O)N(CC(=O)N3CCN(c4cccc(Cl)n4)CC3)C2=O)cc1. The molecule has 3 heterocycles. The van der Waals surface area contributed by atoms with Crippen LogP contribution in [-0.2, 0) is 15.1 Å². The number of rotatable bonds is 5. The Bertz CT molecular complexity index is 1040. The van der Waals surface area contributed by atoms with Crippen LogP contribution in [0, 0.1) is 0 Å². The number of anilines is 1. The third kappa shape index (κ3) is 4.08. The molecule has 0 aliphatic carbocycles. The Morgan fingerprint density at radius 2 is 1.81 bits per heavy atom. The summed E-state index contributed by atoms with van der Waals surface area (Å²) in [7, 11) is 1.55. The number of hydrogen-bond acceptors (Lipinski definition) is 6. The molecule has 1 aromatic carbocycles. The van der Waals surface area contributed by atoms with E-state index in [0.29, 0.717) is 42.6 Å². The molecule has 4 amide bonds. The van der Waals surface area contributed by atoms with Gasteiger partial charge in [-0.3, -0.25) is 14.5 Å². The Labute approximate surface area is 190 Å². The number of nitrogens with one attached hydrogen (secondary N) is 1. The van der Waals surface area contributed by atoms with Gasteiger partial charge in [-0.25, -0.2) is 9.78 Å². The van der Waals surface area contributed by atoms with E-state index in [1.165, 1.54) is 0 Å². The molecule has 32 heavy (non-hydrogen) atoms. The predicted molar refractivity (Wildman–Crippen MR) is 119 cm³/mol. The van der Waals surface area contributed by atoms with Crippen molar-refractivity contribution in [2.24, 2.45) is 0 Å². The normalized spacial score (nSPS) is 21.0. The van der Waals surface area contributed by atoms with E-state index in [1.807, 2.05) is 17.0 Å². The maximum absolute atomic E-state index is 13.1. The fraction of sp³-hybridized carbons (Fsp3) is 0.364. The zero-order valence-corrected chi connectivity index (χ0v) is 18.6. The van der Waals surface area contributed by atoms with Gasteiger partial charge in [-0.1, -0.05) is 29.8 Å². The zero-order valence-electron chi connectivity index (χ0n) is 17.9. The zero-order chi connectivity index (χ0) is 22.9. The number of benzene rings is 1. The summed E-state index contributed by atoms with van der Waals surface area (Å²) in [6.45, 7) is 3.44. The van der Waals surface area contributed by atoms with Crippen LogP contribution in [-0.4, -0.2) is 72.5 Å². The first kappa shape index (κ1) is 21.9. The molecule has 2 aromatic rings. The highest BCUT2D eigenvalue weighted by Crippen LogP contribution is 2.30. The predicted octanol–water partition coefficient (Wildman–Crippen LogP) is 1.86. The molecule has 0 bridgehead atoms. The first-order valence-corrected chi connectivity index (χ1v) is 10.6. The van der Waals surface area contributed by atoms with Gasteiger partial charge in [0, 0.05) is 26.2 Å². The Kier molecular flexibility index (Phi) is 5.92. The molecule has 2 saturated heterocycles. The van der Waals surface area contributed by atoms with Crippen molar-refractivity contribution < 1.29 is 19.1 Å². The van der Waals surface area contributed by atoms with Crippen LogP contribution in [0.5, 0.6) is 5.75 Å². The van der Waals surface area contributed by atoms with Gasteiger partial charge < -0.3 is 19.9 Å². The molecule has 10 heteroatoms. The van der Waals surface area contributed by atoms with E-state index in [4.69, 9.17) is 16.3 Å². The van der Waals surface area contributed by atoms with Crippen molar-refractivity contribution >= 4 is 35.3 Å². The van der Waals surface area contributed by atoms with Gasteiger partial charge in [0.15, 0.2) is 0 Å². The summed E-state index contributed by atoms with van der Waals surface area (Å²) in [5, 5.41) is 3.14.